The van der Waals surface area contributed by atoms with Crippen molar-refractivity contribution >= 4 is 29.3 Å². The van der Waals surface area contributed by atoms with E-state index in [4.69, 9.17) is 11.6 Å². The molecule has 3 amide bonds. The molecule has 0 spiro atoms. The minimum Gasteiger partial charge on any atom is -0.384 e. The van der Waals surface area contributed by atoms with Gasteiger partial charge in [-0.1, -0.05) is 35.9 Å². The number of aliphatic hydroxyl groups is 1. The van der Waals surface area contributed by atoms with Crippen molar-refractivity contribution in [1.29, 1.82) is 0 Å². The third-order valence-electron chi connectivity index (χ3n) is 4.54. The van der Waals surface area contributed by atoms with E-state index >= 15 is 0 Å². The lowest BCUT2D eigenvalue weighted by molar-refractivity contribution is -0.122. The van der Waals surface area contributed by atoms with Crippen molar-refractivity contribution in [3.05, 3.63) is 70.2 Å². The van der Waals surface area contributed by atoms with Gasteiger partial charge in [0.15, 0.2) is 0 Å². The number of carbonyl (C=O) groups is 3. The van der Waals surface area contributed by atoms with Gasteiger partial charge < -0.3 is 10.4 Å². The van der Waals surface area contributed by atoms with Crippen molar-refractivity contribution in [3.63, 3.8) is 0 Å². The monoisotopic (exact) mass is 386 g/mol. The van der Waals surface area contributed by atoms with Gasteiger partial charge in [0.1, 0.15) is 5.60 Å². The van der Waals surface area contributed by atoms with E-state index in [-0.39, 0.29) is 25.4 Å². The van der Waals surface area contributed by atoms with Crippen molar-refractivity contribution in [2.45, 2.75) is 18.9 Å². The molecule has 0 fully saturated rings. The second kappa shape index (κ2) is 7.50. The molecule has 2 aromatic rings. The predicted octanol–water partition coefficient (Wildman–Crippen LogP) is 2.35. The van der Waals surface area contributed by atoms with Gasteiger partial charge in [-0.15, -0.1) is 0 Å². The van der Waals surface area contributed by atoms with E-state index < -0.39 is 17.4 Å². The summed E-state index contributed by atoms with van der Waals surface area (Å²) < 4.78 is 0. The van der Waals surface area contributed by atoms with Crippen LogP contribution in [0, 0.1) is 0 Å². The summed E-state index contributed by atoms with van der Waals surface area (Å²) in [7, 11) is 0. The molecule has 1 heterocycles. The Labute approximate surface area is 161 Å². The quantitative estimate of drug-likeness (QED) is 0.746. The molecule has 3 rings (SSSR count). The first kappa shape index (κ1) is 19.1. The normalized spacial score (nSPS) is 15.4. The molecule has 7 heteroatoms. The van der Waals surface area contributed by atoms with E-state index in [1.54, 1.807) is 55.5 Å². The smallest absolute Gasteiger partial charge is 0.261 e. The summed E-state index contributed by atoms with van der Waals surface area (Å²) in [6, 6.07) is 13.3. The fourth-order valence-electron chi connectivity index (χ4n) is 2.93. The number of rotatable bonds is 6. The first-order valence-corrected chi connectivity index (χ1v) is 8.88. The van der Waals surface area contributed by atoms with Crippen molar-refractivity contribution in [2.24, 2.45) is 0 Å². The van der Waals surface area contributed by atoms with Crippen LogP contribution in [-0.2, 0) is 10.4 Å². The zero-order chi connectivity index (χ0) is 19.6. The van der Waals surface area contributed by atoms with E-state index in [1.807, 2.05) is 0 Å². The Morgan fingerprint density at radius 1 is 1.07 bits per heavy atom. The van der Waals surface area contributed by atoms with Crippen molar-refractivity contribution < 1.29 is 19.5 Å². The molecule has 0 aromatic heterocycles. The van der Waals surface area contributed by atoms with Gasteiger partial charge in [0.25, 0.3) is 11.8 Å². The number of nitrogens with zero attached hydrogens (tertiary/aromatic N) is 1. The number of halogens is 1. The predicted molar refractivity (Wildman–Crippen MR) is 100 cm³/mol. The zero-order valence-electron chi connectivity index (χ0n) is 14.7. The standard InChI is InChI=1S/C20H19ClN2O4/c1-20(27,13-6-8-14(21)9-7-13)12-22-17(24)10-11-23-18(25)15-4-2-3-5-16(15)19(23)26/h2-9,27H,10-12H2,1H3,(H,22,24). The second-order valence-corrected chi connectivity index (χ2v) is 7.05. The zero-order valence-corrected chi connectivity index (χ0v) is 15.5. The van der Waals surface area contributed by atoms with Gasteiger partial charge in [-0.05, 0) is 36.8 Å². The maximum atomic E-state index is 12.3. The van der Waals surface area contributed by atoms with Crippen molar-refractivity contribution in [2.75, 3.05) is 13.1 Å². The van der Waals surface area contributed by atoms with Crippen molar-refractivity contribution in [3.8, 4) is 0 Å². The van der Waals surface area contributed by atoms with Crippen LogP contribution in [0.5, 0.6) is 0 Å². The summed E-state index contributed by atoms with van der Waals surface area (Å²) in [4.78, 5) is 37.7. The Kier molecular flexibility index (Phi) is 5.30. The van der Waals surface area contributed by atoms with Crippen LogP contribution in [0.25, 0.3) is 0 Å². The summed E-state index contributed by atoms with van der Waals surface area (Å²) in [6.45, 7) is 1.57. The summed E-state index contributed by atoms with van der Waals surface area (Å²) in [5.74, 6) is -1.14. The number of imide groups is 1. The minimum absolute atomic E-state index is 0.00438. The number of carbonyl (C=O) groups excluding carboxylic acids is 3. The minimum atomic E-state index is -1.27. The second-order valence-electron chi connectivity index (χ2n) is 6.62. The number of benzene rings is 2. The maximum Gasteiger partial charge on any atom is 0.261 e. The fourth-order valence-corrected chi connectivity index (χ4v) is 3.05. The molecular formula is C20H19ClN2O4. The van der Waals surface area contributed by atoms with Gasteiger partial charge in [0.2, 0.25) is 5.91 Å². The highest BCUT2D eigenvalue weighted by Crippen LogP contribution is 2.23. The average molecular weight is 387 g/mol. The van der Waals surface area contributed by atoms with Gasteiger partial charge in [0.05, 0.1) is 17.7 Å². The van der Waals surface area contributed by atoms with Crippen LogP contribution < -0.4 is 5.32 Å². The van der Waals surface area contributed by atoms with Gasteiger partial charge in [-0.2, -0.15) is 0 Å². The molecular weight excluding hydrogens is 368 g/mol. The number of hydrogen-bond acceptors (Lipinski definition) is 4. The lowest BCUT2D eigenvalue weighted by Gasteiger charge is -2.24. The molecule has 0 radical (unpaired) electrons. The lowest BCUT2D eigenvalue weighted by Crippen LogP contribution is -2.40. The number of amides is 3. The molecule has 1 unspecified atom stereocenters. The van der Waals surface area contributed by atoms with E-state index in [2.05, 4.69) is 5.32 Å². The lowest BCUT2D eigenvalue weighted by atomic mass is 9.96. The molecule has 27 heavy (non-hydrogen) atoms. The Balaban J connectivity index is 1.54. The molecule has 0 bridgehead atoms. The van der Waals surface area contributed by atoms with Crippen LogP contribution in [0.4, 0.5) is 0 Å². The molecule has 1 aliphatic rings. The Morgan fingerprint density at radius 3 is 2.19 bits per heavy atom. The highest BCUT2D eigenvalue weighted by molar-refractivity contribution is 6.30. The molecule has 0 saturated carbocycles. The largest absolute Gasteiger partial charge is 0.384 e. The highest BCUT2D eigenvalue weighted by atomic mass is 35.5. The van der Waals surface area contributed by atoms with Crippen LogP contribution in [0.3, 0.4) is 0 Å². The van der Waals surface area contributed by atoms with Crippen LogP contribution >= 0.6 is 11.6 Å². The molecule has 0 saturated heterocycles. The van der Waals surface area contributed by atoms with E-state index in [1.165, 1.54) is 0 Å². The van der Waals surface area contributed by atoms with Crippen LogP contribution in [0.1, 0.15) is 39.6 Å². The third kappa shape index (κ3) is 4.02. The molecule has 1 aliphatic heterocycles. The molecule has 6 nitrogen and oxygen atoms in total. The molecule has 1 atom stereocenters. The first-order valence-electron chi connectivity index (χ1n) is 8.50. The van der Waals surface area contributed by atoms with Crippen molar-refractivity contribution in [1.82, 2.24) is 10.2 Å². The first-order chi connectivity index (χ1) is 12.8. The molecule has 0 aliphatic carbocycles. The third-order valence-corrected chi connectivity index (χ3v) is 4.79. The molecule has 2 N–H and O–H groups in total. The van der Waals surface area contributed by atoms with Gasteiger partial charge >= 0.3 is 0 Å². The van der Waals surface area contributed by atoms with E-state index in [0.29, 0.717) is 21.7 Å². The summed E-state index contributed by atoms with van der Waals surface area (Å²) in [5.41, 5.74) is 0.0603. The van der Waals surface area contributed by atoms with E-state index in [9.17, 15) is 19.5 Å². The summed E-state index contributed by atoms with van der Waals surface area (Å²) in [6.07, 6.45) is -0.0395. The molecule has 140 valence electrons. The van der Waals surface area contributed by atoms with Gasteiger partial charge in [0, 0.05) is 18.0 Å². The fraction of sp³-hybridized carbons (Fsp3) is 0.250. The topological polar surface area (TPSA) is 86.7 Å². The summed E-state index contributed by atoms with van der Waals surface area (Å²) >= 11 is 5.84. The van der Waals surface area contributed by atoms with Crippen LogP contribution in [-0.4, -0.2) is 40.8 Å². The maximum absolute atomic E-state index is 12.3. The number of hydrogen-bond donors (Lipinski definition) is 2. The van der Waals surface area contributed by atoms with Gasteiger partial charge in [-0.25, -0.2) is 0 Å². The average Bonchev–Trinajstić information content (AvgIpc) is 2.90. The Hall–Kier alpha value is -2.70. The van der Waals surface area contributed by atoms with Gasteiger partial charge in [-0.3, -0.25) is 19.3 Å². The van der Waals surface area contributed by atoms with E-state index in [0.717, 1.165) is 4.90 Å². The number of fused-ring (bicyclic) bond motifs is 1. The number of nitrogens with one attached hydrogen (secondary N) is 1. The SMILES string of the molecule is CC(O)(CNC(=O)CCN1C(=O)c2ccccc2C1=O)c1ccc(Cl)cc1. The van der Waals surface area contributed by atoms with Crippen LogP contribution in [0.2, 0.25) is 5.02 Å². The highest BCUT2D eigenvalue weighted by Gasteiger charge is 2.35. The Bertz CT molecular complexity index is 858. The Morgan fingerprint density at radius 2 is 1.63 bits per heavy atom. The van der Waals surface area contributed by atoms with Crippen LogP contribution in [0.15, 0.2) is 48.5 Å². The molecule has 2 aromatic carbocycles. The summed E-state index contributed by atoms with van der Waals surface area (Å²) in [5, 5.41) is 13.7.